The molecule has 0 aliphatic carbocycles. The van der Waals surface area contributed by atoms with Gasteiger partial charge in [0.05, 0.1) is 18.9 Å². The van der Waals surface area contributed by atoms with Crippen molar-refractivity contribution in [1.82, 2.24) is 10.3 Å². The van der Waals surface area contributed by atoms with E-state index in [-0.39, 0.29) is 24.7 Å². The van der Waals surface area contributed by atoms with E-state index in [1.807, 2.05) is 54.6 Å². The summed E-state index contributed by atoms with van der Waals surface area (Å²) in [5.41, 5.74) is 2.93. The smallest absolute Gasteiger partial charge is 0.243 e. The van der Waals surface area contributed by atoms with Gasteiger partial charge in [0.15, 0.2) is 0 Å². The number of carbonyl (C=O) groups is 2. The van der Waals surface area contributed by atoms with Crippen molar-refractivity contribution >= 4 is 17.5 Å². The number of carbonyl (C=O) groups excluding carboxylic acids is 2. The van der Waals surface area contributed by atoms with Crippen LogP contribution in [0, 0.1) is 5.92 Å². The average molecular weight is 408 g/mol. The zero-order chi connectivity index (χ0) is 21.3. The molecule has 0 saturated heterocycles. The highest BCUT2D eigenvalue weighted by Gasteiger charge is 2.21. The Balaban J connectivity index is 1.39. The van der Waals surface area contributed by atoms with Gasteiger partial charge in [0, 0.05) is 25.8 Å². The Bertz CT molecular complexity index is 876. The maximum absolute atomic E-state index is 12.4. The van der Waals surface area contributed by atoms with Crippen molar-refractivity contribution in [3.05, 3.63) is 65.7 Å². The second kappa shape index (κ2) is 10.6. The molecule has 0 bridgehead atoms. The Morgan fingerprint density at radius 2 is 1.80 bits per heavy atom. The third kappa shape index (κ3) is 6.44. The van der Waals surface area contributed by atoms with E-state index in [9.17, 15) is 9.59 Å². The van der Waals surface area contributed by atoms with Gasteiger partial charge >= 0.3 is 0 Å². The van der Waals surface area contributed by atoms with Crippen LogP contribution in [0.5, 0.6) is 5.75 Å². The molecular formula is C24H29N3O3. The number of ether oxygens (including phenoxy) is 1. The lowest BCUT2D eigenvalue weighted by Crippen LogP contribution is -2.27. The lowest BCUT2D eigenvalue weighted by atomic mass is 10.1. The second-order valence-electron chi connectivity index (χ2n) is 7.81. The molecular weight excluding hydrogens is 378 g/mol. The number of amides is 2. The van der Waals surface area contributed by atoms with Gasteiger partial charge in [0.25, 0.3) is 0 Å². The summed E-state index contributed by atoms with van der Waals surface area (Å²) in [4.78, 5) is 24.5. The van der Waals surface area contributed by atoms with E-state index in [4.69, 9.17) is 4.74 Å². The summed E-state index contributed by atoms with van der Waals surface area (Å²) in [6, 6.07) is 17.5. The van der Waals surface area contributed by atoms with Crippen LogP contribution in [0.25, 0.3) is 0 Å². The van der Waals surface area contributed by atoms with E-state index in [0.717, 1.165) is 29.0 Å². The largest absolute Gasteiger partial charge is 0.493 e. The van der Waals surface area contributed by atoms with E-state index in [1.54, 1.807) is 0 Å². The first-order valence-electron chi connectivity index (χ1n) is 10.4. The lowest BCUT2D eigenvalue weighted by Gasteiger charge is -2.11. The summed E-state index contributed by atoms with van der Waals surface area (Å²) in [5.74, 6) is 1.03. The summed E-state index contributed by atoms with van der Waals surface area (Å²) in [7, 11) is 0. The molecule has 2 aromatic carbocycles. The van der Waals surface area contributed by atoms with Crippen LogP contribution in [0.4, 0.5) is 0 Å². The van der Waals surface area contributed by atoms with Gasteiger partial charge in [-0.3, -0.25) is 9.59 Å². The van der Waals surface area contributed by atoms with Crippen LogP contribution in [-0.4, -0.2) is 35.7 Å². The Morgan fingerprint density at radius 1 is 1.07 bits per heavy atom. The molecule has 6 nitrogen and oxygen atoms in total. The predicted molar refractivity (Wildman–Crippen MR) is 117 cm³/mol. The highest BCUT2D eigenvalue weighted by molar-refractivity contribution is 6.02. The molecule has 2 aromatic rings. The van der Waals surface area contributed by atoms with Crippen LogP contribution in [0.2, 0.25) is 0 Å². The maximum atomic E-state index is 12.4. The zero-order valence-electron chi connectivity index (χ0n) is 17.6. The Kier molecular flexibility index (Phi) is 7.60. The molecule has 0 fully saturated rings. The maximum Gasteiger partial charge on any atom is 0.243 e. The molecule has 30 heavy (non-hydrogen) atoms. The number of nitrogens with one attached hydrogen (secondary N) is 1. The number of hydrogen-bond donors (Lipinski definition) is 1. The van der Waals surface area contributed by atoms with Crippen LogP contribution in [0.1, 0.15) is 44.2 Å². The van der Waals surface area contributed by atoms with E-state index >= 15 is 0 Å². The summed E-state index contributed by atoms with van der Waals surface area (Å²) >= 11 is 0. The summed E-state index contributed by atoms with van der Waals surface area (Å²) in [6.07, 6.45) is 1.04. The fourth-order valence-electron chi connectivity index (χ4n) is 3.08. The second-order valence-corrected chi connectivity index (χ2v) is 7.81. The minimum Gasteiger partial charge on any atom is -0.493 e. The van der Waals surface area contributed by atoms with Crippen molar-refractivity contribution in [3.63, 3.8) is 0 Å². The molecule has 0 unspecified atom stereocenters. The Labute approximate surface area is 177 Å². The first-order valence-corrected chi connectivity index (χ1v) is 10.4. The summed E-state index contributed by atoms with van der Waals surface area (Å²) in [5, 5.41) is 8.76. The molecule has 0 saturated carbocycles. The fraction of sp³-hybridized carbons (Fsp3) is 0.375. The van der Waals surface area contributed by atoms with Crippen LogP contribution < -0.4 is 10.1 Å². The van der Waals surface area contributed by atoms with Gasteiger partial charge in [0.1, 0.15) is 5.75 Å². The summed E-state index contributed by atoms with van der Waals surface area (Å²) in [6.45, 7) is 5.88. The van der Waals surface area contributed by atoms with Crippen molar-refractivity contribution in [2.24, 2.45) is 11.0 Å². The number of hydrogen-bond acceptors (Lipinski definition) is 4. The number of rotatable bonds is 9. The molecule has 1 heterocycles. The molecule has 3 rings (SSSR count). The van der Waals surface area contributed by atoms with Gasteiger partial charge in [-0.1, -0.05) is 56.3 Å². The third-order valence-corrected chi connectivity index (χ3v) is 4.76. The number of benzene rings is 2. The quantitative estimate of drug-likeness (QED) is 0.688. The first kappa shape index (κ1) is 21.6. The zero-order valence-corrected chi connectivity index (χ0v) is 17.6. The van der Waals surface area contributed by atoms with E-state index in [0.29, 0.717) is 25.6 Å². The molecule has 1 aliphatic rings. The minimum atomic E-state index is -0.144. The molecule has 1 aliphatic heterocycles. The molecule has 0 aromatic heterocycles. The van der Waals surface area contributed by atoms with Gasteiger partial charge in [0.2, 0.25) is 11.8 Å². The van der Waals surface area contributed by atoms with E-state index < -0.39 is 0 Å². The molecule has 2 amide bonds. The van der Waals surface area contributed by atoms with E-state index in [2.05, 4.69) is 24.3 Å². The van der Waals surface area contributed by atoms with Crippen LogP contribution in [0.15, 0.2) is 59.7 Å². The van der Waals surface area contributed by atoms with Crippen molar-refractivity contribution in [2.45, 2.75) is 39.7 Å². The summed E-state index contributed by atoms with van der Waals surface area (Å²) < 4.78 is 5.66. The van der Waals surface area contributed by atoms with Crippen LogP contribution in [0.3, 0.4) is 0 Å². The first-order chi connectivity index (χ1) is 14.5. The van der Waals surface area contributed by atoms with Crippen LogP contribution >= 0.6 is 0 Å². The van der Waals surface area contributed by atoms with Crippen molar-refractivity contribution in [1.29, 1.82) is 0 Å². The van der Waals surface area contributed by atoms with Gasteiger partial charge in [-0.25, -0.2) is 5.01 Å². The normalized spacial score (nSPS) is 13.3. The molecule has 0 spiro atoms. The van der Waals surface area contributed by atoms with Crippen molar-refractivity contribution in [3.8, 4) is 5.75 Å². The fourth-order valence-corrected chi connectivity index (χ4v) is 3.08. The minimum absolute atomic E-state index is 0.122. The lowest BCUT2D eigenvalue weighted by molar-refractivity contribution is -0.133. The predicted octanol–water partition coefficient (Wildman–Crippen LogP) is 3.75. The van der Waals surface area contributed by atoms with Gasteiger partial charge in [-0.15, -0.1) is 0 Å². The standard InChI is InChI=1S/C24H29N3O3/c1-18(2)17-30-21-10-8-19(9-11-21)16-25-23(28)12-13-24(29)27-15-14-22(26-27)20-6-4-3-5-7-20/h3-11,18H,12-17H2,1-2H3,(H,25,28). The average Bonchev–Trinajstić information content (AvgIpc) is 3.26. The molecule has 0 radical (unpaired) electrons. The van der Waals surface area contributed by atoms with Gasteiger partial charge in [-0.2, -0.15) is 5.10 Å². The van der Waals surface area contributed by atoms with Crippen LogP contribution in [-0.2, 0) is 16.1 Å². The number of nitrogens with zero attached hydrogens (tertiary/aromatic N) is 2. The Hall–Kier alpha value is -3.15. The monoisotopic (exact) mass is 407 g/mol. The topological polar surface area (TPSA) is 71.0 Å². The van der Waals surface area contributed by atoms with E-state index in [1.165, 1.54) is 5.01 Å². The molecule has 0 atom stereocenters. The molecule has 1 N–H and O–H groups in total. The Morgan fingerprint density at radius 3 is 2.50 bits per heavy atom. The van der Waals surface area contributed by atoms with Gasteiger partial charge in [-0.05, 0) is 29.2 Å². The SMILES string of the molecule is CC(C)COc1ccc(CNC(=O)CCC(=O)N2CCC(c3ccccc3)=N2)cc1. The third-order valence-electron chi connectivity index (χ3n) is 4.76. The molecule has 158 valence electrons. The molecule has 6 heteroatoms. The number of hydrazone groups is 1. The highest BCUT2D eigenvalue weighted by Crippen LogP contribution is 2.15. The van der Waals surface area contributed by atoms with Crippen molar-refractivity contribution < 1.29 is 14.3 Å². The highest BCUT2D eigenvalue weighted by atomic mass is 16.5. The van der Waals surface area contributed by atoms with Crippen molar-refractivity contribution in [2.75, 3.05) is 13.2 Å². The van der Waals surface area contributed by atoms with Gasteiger partial charge < -0.3 is 10.1 Å².